The molecule has 1 atom stereocenters. The fraction of sp³-hybridized carbons (Fsp3) is 0.417. The van der Waals surface area contributed by atoms with Crippen LogP contribution in [0.1, 0.15) is 28.0 Å². The Bertz CT molecular complexity index is 563. The molecule has 2 aromatic rings. The molecule has 7 heteroatoms. The Morgan fingerprint density at radius 1 is 1.58 bits per heavy atom. The molecular formula is C12H14N4O3. The van der Waals surface area contributed by atoms with Crippen LogP contribution in [0.4, 0.5) is 0 Å². The van der Waals surface area contributed by atoms with Gasteiger partial charge < -0.3 is 14.2 Å². The molecule has 100 valence electrons. The van der Waals surface area contributed by atoms with Gasteiger partial charge in [-0.15, -0.1) is 0 Å². The summed E-state index contributed by atoms with van der Waals surface area (Å²) in [6.45, 7) is 3.25. The molecule has 1 aliphatic rings. The maximum absolute atomic E-state index is 12.4. The quantitative estimate of drug-likeness (QED) is 0.870. The van der Waals surface area contributed by atoms with Crippen molar-refractivity contribution in [2.24, 2.45) is 0 Å². The molecule has 1 aliphatic heterocycles. The van der Waals surface area contributed by atoms with Gasteiger partial charge in [0.05, 0.1) is 24.9 Å². The second-order valence-electron chi connectivity index (χ2n) is 4.42. The number of rotatable bonds is 2. The minimum atomic E-state index is -0.166. The number of aryl methyl sites for hydroxylation is 1. The Morgan fingerprint density at radius 2 is 2.47 bits per heavy atom. The first-order chi connectivity index (χ1) is 9.25. The van der Waals surface area contributed by atoms with Crippen molar-refractivity contribution in [2.45, 2.75) is 13.0 Å². The number of ether oxygens (including phenoxy) is 1. The van der Waals surface area contributed by atoms with Crippen LogP contribution in [0.25, 0.3) is 0 Å². The maximum Gasteiger partial charge on any atom is 0.276 e. The number of carbonyl (C=O) groups excluding carboxylic acids is 1. The lowest BCUT2D eigenvalue weighted by molar-refractivity contribution is -0.00441. The summed E-state index contributed by atoms with van der Waals surface area (Å²) < 4.78 is 10.4. The van der Waals surface area contributed by atoms with E-state index in [4.69, 9.17) is 9.26 Å². The lowest BCUT2D eigenvalue weighted by atomic mass is 10.1. The summed E-state index contributed by atoms with van der Waals surface area (Å²) in [5, 5.41) is 10.6. The molecule has 0 radical (unpaired) electrons. The summed E-state index contributed by atoms with van der Waals surface area (Å²) >= 11 is 0. The number of nitrogens with one attached hydrogen (secondary N) is 1. The number of nitrogens with zero attached hydrogens (tertiary/aromatic N) is 3. The molecular weight excluding hydrogens is 248 g/mol. The smallest absolute Gasteiger partial charge is 0.276 e. The second-order valence-corrected chi connectivity index (χ2v) is 4.42. The molecule has 0 aliphatic carbocycles. The van der Waals surface area contributed by atoms with Gasteiger partial charge >= 0.3 is 0 Å². The minimum Gasteiger partial charge on any atom is -0.377 e. The number of morpholine rings is 1. The van der Waals surface area contributed by atoms with Gasteiger partial charge in [0.1, 0.15) is 5.76 Å². The highest BCUT2D eigenvalue weighted by Gasteiger charge is 2.31. The topological polar surface area (TPSA) is 84.3 Å². The molecule has 1 saturated heterocycles. The van der Waals surface area contributed by atoms with Gasteiger partial charge in [-0.25, -0.2) is 0 Å². The van der Waals surface area contributed by atoms with Gasteiger partial charge in [0.2, 0.25) is 0 Å². The van der Waals surface area contributed by atoms with E-state index in [1.807, 2.05) is 6.07 Å². The van der Waals surface area contributed by atoms with E-state index in [2.05, 4.69) is 15.4 Å². The SMILES string of the molecule is Cc1cc(C(=O)N2CCOC[C@@H]2c2ccn[nH]2)no1. The largest absolute Gasteiger partial charge is 0.377 e. The third-order valence-electron chi connectivity index (χ3n) is 3.12. The monoisotopic (exact) mass is 262 g/mol. The van der Waals surface area contributed by atoms with Crippen molar-refractivity contribution in [2.75, 3.05) is 19.8 Å². The number of H-pyrrole nitrogens is 1. The summed E-state index contributed by atoms with van der Waals surface area (Å²) in [5.41, 5.74) is 1.18. The van der Waals surface area contributed by atoms with Crippen molar-refractivity contribution >= 4 is 5.91 Å². The first-order valence-corrected chi connectivity index (χ1v) is 6.07. The molecule has 0 aromatic carbocycles. The van der Waals surface area contributed by atoms with E-state index >= 15 is 0 Å². The highest BCUT2D eigenvalue weighted by molar-refractivity contribution is 5.92. The van der Waals surface area contributed by atoms with Crippen LogP contribution in [0.2, 0.25) is 0 Å². The third-order valence-corrected chi connectivity index (χ3v) is 3.12. The summed E-state index contributed by atoms with van der Waals surface area (Å²) in [6.07, 6.45) is 1.66. The van der Waals surface area contributed by atoms with Gasteiger partial charge in [-0.1, -0.05) is 5.16 Å². The van der Waals surface area contributed by atoms with Crippen LogP contribution in [0.3, 0.4) is 0 Å². The lowest BCUT2D eigenvalue weighted by Crippen LogP contribution is -2.43. The second kappa shape index (κ2) is 4.85. The maximum atomic E-state index is 12.4. The van der Waals surface area contributed by atoms with Gasteiger partial charge in [0.25, 0.3) is 5.91 Å². The highest BCUT2D eigenvalue weighted by Crippen LogP contribution is 2.24. The van der Waals surface area contributed by atoms with Crippen LogP contribution >= 0.6 is 0 Å². The summed E-state index contributed by atoms with van der Waals surface area (Å²) in [6, 6.07) is 3.32. The van der Waals surface area contributed by atoms with Crippen molar-refractivity contribution in [3.05, 3.63) is 35.5 Å². The van der Waals surface area contributed by atoms with Crippen molar-refractivity contribution < 1.29 is 14.1 Å². The highest BCUT2D eigenvalue weighted by atomic mass is 16.5. The van der Waals surface area contributed by atoms with E-state index in [0.29, 0.717) is 31.2 Å². The Balaban J connectivity index is 1.86. The molecule has 0 spiro atoms. The Morgan fingerprint density at radius 3 is 3.16 bits per heavy atom. The average Bonchev–Trinajstić information content (AvgIpc) is 3.09. The van der Waals surface area contributed by atoms with Gasteiger partial charge in [-0.3, -0.25) is 9.89 Å². The van der Waals surface area contributed by atoms with E-state index in [1.54, 1.807) is 24.1 Å². The summed E-state index contributed by atoms with van der Waals surface area (Å²) in [4.78, 5) is 14.2. The fourth-order valence-corrected chi connectivity index (χ4v) is 2.17. The molecule has 3 rings (SSSR count). The van der Waals surface area contributed by atoms with Gasteiger partial charge in [0.15, 0.2) is 5.69 Å². The number of aromatic nitrogens is 3. The van der Waals surface area contributed by atoms with Gasteiger partial charge in [-0.05, 0) is 13.0 Å². The number of hydrogen-bond donors (Lipinski definition) is 1. The molecule has 1 N–H and O–H groups in total. The molecule has 0 saturated carbocycles. The number of hydrogen-bond acceptors (Lipinski definition) is 5. The standard InChI is InChI=1S/C12H14N4O3/c1-8-6-10(15-19-8)12(17)16-4-5-18-7-11(16)9-2-3-13-14-9/h2-3,6,11H,4-5,7H2,1H3,(H,13,14)/t11-/m1/s1. The lowest BCUT2D eigenvalue weighted by Gasteiger charge is -2.34. The molecule has 0 bridgehead atoms. The van der Waals surface area contributed by atoms with E-state index in [9.17, 15) is 4.79 Å². The van der Waals surface area contributed by atoms with Crippen molar-refractivity contribution in [1.29, 1.82) is 0 Å². The van der Waals surface area contributed by atoms with Crippen LogP contribution in [0.5, 0.6) is 0 Å². The molecule has 3 heterocycles. The molecule has 7 nitrogen and oxygen atoms in total. The molecule has 1 amide bonds. The first-order valence-electron chi connectivity index (χ1n) is 6.07. The predicted molar refractivity (Wildman–Crippen MR) is 64.4 cm³/mol. The third kappa shape index (κ3) is 2.24. The zero-order chi connectivity index (χ0) is 13.2. The van der Waals surface area contributed by atoms with Crippen molar-refractivity contribution in [3.8, 4) is 0 Å². The van der Waals surface area contributed by atoms with Crippen LogP contribution in [0, 0.1) is 6.92 Å². The Kier molecular flexibility index (Phi) is 3.04. The summed E-state index contributed by atoms with van der Waals surface area (Å²) in [7, 11) is 0. The first kappa shape index (κ1) is 11.9. The molecule has 0 unspecified atom stereocenters. The van der Waals surface area contributed by atoms with E-state index < -0.39 is 0 Å². The van der Waals surface area contributed by atoms with E-state index in [-0.39, 0.29) is 11.9 Å². The normalized spacial score (nSPS) is 19.6. The Labute approximate surface area is 109 Å². The summed E-state index contributed by atoms with van der Waals surface area (Å²) in [5.74, 6) is 0.467. The average molecular weight is 262 g/mol. The van der Waals surface area contributed by atoms with E-state index in [1.165, 1.54) is 0 Å². The number of aromatic amines is 1. The van der Waals surface area contributed by atoms with Gasteiger partial charge in [-0.2, -0.15) is 5.10 Å². The van der Waals surface area contributed by atoms with Crippen molar-refractivity contribution in [1.82, 2.24) is 20.3 Å². The van der Waals surface area contributed by atoms with Gasteiger partial charge in [0, 0.05) is 18.8 Å². The van der Waals surface area contributed by atoms with Crippen LogP contribution in [-0.4, -0.2) is 45.9 Å². The Hall–Kier alpha value is -2.15. The van der Waals surface area contributed by atoms with Crippen LogP contribution < -0.4 is 0 Å². The van der Waals surface area contributed by atoms with E-state index in [0.717, 1.165) is 5.69 Å². The molecule has 2 aromatic heterocycles. The van der Waals surface area contributed by atoms with Crippen LogP contribution in [-0.2, 0) is 4.74 Å². The van der Waals surface area contributed by atoms with Crippen molar-refractivity contribution in [3.63, 3.8) is 0 Å². The minimum absolute atomic E-state index is 0.153. The van der Waals surface area contributed by atoms with Crippen LogP contribution in [0.15, 0.2) is 22.9 Å². The zero-order valence-corrected chi connectivity index (χ0v) is 10.5. The zero-order valence-electron chi connectivity index (χ0n) is 10.5. The molecule has 19 heavy (non-hydrogen) atoms. The number of amides is 1. The molecule has 1 fully saturated rings. The number of carbonyl (C=O) groups is 1. The predicted octanol–water partition coefficient (Wildman–Crippen LogP) is 0.920. The fourth-order valence-electron chi connectivity index (χ4n) is 2.17.